The average molecular weight is 507 g/mol. The third-order valence-electron chi connectivity index (χ3n) is 5.98. The Bertz CT molecular complexity index is 1150. The minimum absolute atomic E-state index is 0.128. The summed E-state index contributed by atoms with van der Waals surface area (Å²) in [5, 5.41) is 0. The highest BCUT2D eigenvalue weighted by Gasteiger charge is 2.14. The van der Waals surface area contributed by atoms with Crippen LogP contribution in [0.4, 0.5) is 8.78 Å². The summed E-state index contributed by atoms with van der Waals surface area (Å²) in [6, 6.07) is 10.5. The van der Waals surface area contributed by atoms with Crippen molar-refractivity contribution in [1.29, 1.82) is 0 Å². The van der Waals surface area contributed by atoms with Gasteiger partial charge >= 0.3 is 0 Å². The van der Waals surface area contributed by atoms with Crippen LogP contribution in [0.15, 0.2) is 67.5 Å². The topological polar surface area (TPSA) is 44.2 Å². The zero-order chi connectivity index (χ0) is 26.5. The normalized spacial score (nSPS) is 12.1. The molecule has 0 fully saturated rings. The Hall–Kier alpha value is -3.38. The molecule has 0 saturated carbocycles. The maximum atomic E-state index is 14.9. The first-order chi connectivity index (χ1) is 18.0. The van der Waals surface area contributed by atoms with Gasteiger partial charge in [0.2, 0.25) is 0 Å². The van der Waals surface area contributed by atoms with Crippen LogP contribution in [0, 0.1) is 11.6 Å². The molecule has 0 saturated heterocycles. The van der Waals surface area contributed by atoms with E-state index in [0.29, 0.717) is 23.7 Å². The van der Waals surface area contributed by atoms with E-state index in [0.717, 1.165) is 37.9 Å². The van der Waals surface area contributed by atoms with Crippen LogP contribution in [0.2, 0.25) is 0 Å². The lowest BCUT2D eigenvalue weighted by Crippen LogP contribution is -2.08. The number of aromatic nitrogens is 2. The third kappa shape index (κ3) is 8.60. The highest BCUT2D eigenvalue weighted by atomic mass is 19.2. The third-order valence-corrected chi connectivity index (χ3v) is 5.98. The second-order valence-corrected chi connectivity index (χ2v) is 8.97. The van der Waals surface area contributed by atoms with Crippen molar-refractivity contribution in [3.63, 3.8) is 0 Å². The van der Waals surface area contributed by atoms with E-state index in [-0.39, 0.29) is 17.2 Å². The van der Waals surface area contributed by atoms with E-state index in [1.165, 1.54) is 25.2 Å². The molecule has 0 aliphatic rings. The van der Waals surface area contributed by atoms with Gasteiger partial charge in [-0.1, -0.05) is 56.7 Å². The van der Waals surface area contributed by atoms with Crippen molar-refractivity contribution >= 4 is 6.08 Å². The maximum Gasteiger partial charge on any atom is 0.167 e. The van der Waals surface area contributed by atoms with Crippen LogP contribution < -0.4 is 4.74 Å². The molecule has 6 heteroatoms. The predicted octanol–water partition coefficient (Wildman–Crippen LogP) is 8.43. The van der Waals surface area contributed by atoms with Crippen molar-refractivity contribution in [3.8, 4) is 28.3 Å². The fourth-order valence-corrected chi connectivity index (χ4v) is 3.84. The van der Waals surface area contributed by atoms with Crippen molar-refractivity contribution in [2.45, 2.75) is 58.5 Å². The van der Waals surface area contributed by atoms with Gasteiger partial charge in [0, 0.05) is 41.3 Å². The summed E-state index contributed by atoms with van der Waals surface area (Å²) in [7, 11) is 0. The summed E-state index contributed by atoms with van der Waals surface area (Å²) in [6.07, 6.45) is 14.5. The van der Waals surface area contributed by atoms with Gasteiger partial charge in [-0.3, -0.25) is 0 Å². The highest BCUT2D eigenvalue weighted by Crippen LogP contribution is 2.27. The molecule has 1 heterocycles. The van der Waals surface area contributed by atoms with Gasteiger partial charge in [0.1, 0.15) is 12.4 Å². The predicted molar refractivity (Wildman–Crippen MR) is 146 cm³/mol. The molecular formula is C31H36F2N2O2. The van der Waals surface area contributed by atoms with E-state index in [4.69, 9.17) is 9.47 Å². The van der Waals surface area contributed by atoms with Crippen molar-refractivity contribution in [2.75, 3.05) is 13.2 Å². The lowest BCUT2D eigenvalue weighted by molar-refractivity contribution is 0.0566. The van der Waals surface area contributed by atoms with Gasteiger partial charge < -0.3 is 9.47 Å². The molecule has 1 unspecified atom stereocenters. The van der Waals surface area contributed by atoms with Gasteiger partial charge in [-0.05, 0) is 56.9 Å². The van der Waals surface area contributed by atoms with Crippen molar-refractivity contribution < 1.29 is 18.3 Å². The van der Waals surface area contributed by atoms with Crippen LogP contribution in [0.1, 0.15) is 57.9 Å². The minimum atomic E-state index is -0.906. The average Bonchev–Trinajstić information content (AvgIpc) is 2.92. The molecule has 0 spiro atoms. The summed E-state index contributed by atoms with van der Waals surface area (Å²) in [6.45, 7) is 9.10. The SMILES string of the molecule is C=CCOc1ccc(-c2ncc(-c3ccc(/C=C/CCCC(C)OCCCCC)c(F)c3F)cn2)cc1. The monoisotopic (exact) mass is 506 g/mol. The van der Waals surface area contributed by atoms with Gasteiger partial charge in [-0.25, -0.2) is 18.7 Å². The first-order valence-electron chi connectivity index (χ1n) is 13.0. The Morgan fingerprint density at radius 2 is 1.70 bits per heavy atom. The van der Waals surface area contributed by atoms with E-state index in [1.807, 2.05) is 30.3 Å². The summed E-state index contributed by atoms with van der Waals surface area (Å²) < 4.78 is 40.9. The Labute approximate surface area is 219 Å². The van der Waals surface area contributed by atoms with E-state index in [1.54, 1.807) is 24.3 Å². The number of unbranched alkanes of at least 4 members (excludes halogenated alkanes) is 3. The Morgan fingerprint density at radius 1 is 0.946 bits per heavy atom. The summed E-state index contributed by atoms with van der Waals surface area (Å²) >= 11 is 0. The number of rotatable bonds is 15. The summed E-state index contributed by atoms with van der Waals surface area (Å²) in [4.78, 5) is 8.68. The van der Waals surface area contributed by atoms with Crippen LogP contribution in [0.3, 0.4) is 0 Å². The molecule has 1 atom stereocenters. The number of halogens is 2. The van der Waals surface area contributed by atoms with Gasteiger partial charge in [0.15, 0.2) is 17.5 Å². The molecule has 0 bridgehead atoms. The smallest absolute Gasteiger partial charge is 0.167 e. The van der Waals surface area contributed by atoms with E-state index in [9.17, 15) is 8.78 Å². The molecule has 0 radical (unpaired) electrons. The van der Waals surface area contributed by atoms with Crippen LogP contribution in [-0.2, 0) is 4.74 Å². The molecule has 0 aliphatic heterocycles. The number of hydrogen-bond donors (Lipinski definition) is 0. The minimum Gasteiger partial charge on any atom is -0.490 e. The molecular weight excluding hydrogens is 470 g/mol. The molecule has 37 heavy (non-hydrogen) atoms. The molecule has 0 N–H and O–H groups in total. The van der Waals surface area contributed by atoms with E-state index in [2.05, 4.69) is 30.4 Å². The quantitative estimate of drug-likeness (QED) is 0.153. The Kier molecular flexibility index (Phi) is 11.4. The number of ether oxygens (including phenoxy) is 2. The zero-order valence-corrected chi connectivity index (χ0v) is 21.8. The Morgan fingerprint density at radius 3 is 2.41 bits per heavy atom. The van der Waals surface area contributed by atoms with Crippen LogP contribution in [0.5, 0.6) is 5.75 Å². The lowest BCUT2D eigenvalue weighted by Gasteiger charge is -2.12. The van der Waals surface area contributed by atoms with Crippen molar-refractivity contribution in [3.05, 3.63) is 84.7 Å². The highest BCUT2D eigenvalue weighted by molar-refractivity contribution is 5.67. The summed E-state index contributed by atoms with van der Waals surface area (Å²) in [5.41, 5.74) is 1.56. The number of hydrogen-bond acceptors (Lipinski definition) is 4. The second-order valence-electron chi connectivity index (χ2n) is 8.97. The van der Waals surface area contributed by atoms with Crippen LogP contribution >= 0.6 is 0 Å². The van der Waals surface area contributed by atoms with Crippen LogP contribution in [-0.4, -0.2) is 29.3 Å². The molecule has 3 rings (SSSR count). The standard InChI is InChI=1S/C31H36F2N2O2/c1-4-6-10-20-36-23(3)11-8-7-9-12-24-15-18-28(30(33)29(24)32)26-21-34-31(35-22-26)25-13-16-27(17-14-25)37-19-5-2/h5,9,12-18,21-23H,2,4,6-8,10-11,19-20H2,1,3H3/b12-9+. The molecule has 0 aliphatic carbocycles. The first-order valence-corrected chi connectivity index (χ1v) is 13.0. The second kappa shape index (κ2) is 15.0. The van der Waals surface area contributed by atoms with Gasteiger partial charge in [0.05, 0.1) is 6.10 Å². The fraction of sp³-hybridized carbons (Fsp3) is 0.355. The Balaban J connectivity index is 1.56. The molecule has 196 valence electrons. The molecule has 1 aromatic heterocycles. The lowest BCUT2D eigenvalue weighted by atomic mass is 10.0. The van der Waals surface area contributed by atoms with Crippen LogP contribution in [0.25, 0.3) is 28.6 Å². The van der Waals surface area contributed by atoms with E-state index < -0.39 is 11.6 Å². The molecule has 2 aromatic carbocycles. The molecule has 4 nitrogen and oxygen atoms in total. The molecule has 0 amide bonds. The van der Waals surface area contributed by atoms with E-state index >= 15 is 0 Å². The number of benzene rings is 2. The fourth-order valence-electron chi connectivity index (χ4n) is 3.84. The number of nitrogens with zero attached hydrogens (tertiary/aromatic N) is 2. The maximum absolute atomic E-state index is 14.9. The van der Waals surface area contributed by atoms with Crippen molar-refractivity contribution in [1.82, 2.24) is 9.97 Å². The largest absolute Gasteiger partial charge is 0.490 e. The summed E-state index contributed by atoms with van der Waals surface area (Å²) in [5.74, 6) is -0.578. The first kappa shape index (κ1) is 28.2. The van der Waals surface area contributed by atoms with Gasteiger partial charge in [-0.15, -0.1) is 0 Å². The zero-order valence-electron chi connectivity index (χ0n) is 21.8. The van der Waals surface area contributed by atoms with Gasteiger partial charge in [0.25, 0.3) is 0 Å². The number of allylic oxidation sites excluding steroid dienone is 1. The molecule has 3 aromatic rings. The van der Waals surface area contributed by atoms with Gasteiger partial charge in [-0.2, -0.15) is 0 Å². The van der Waals surface area contributed by atoms with Crippen molar-refractivity contribution in [2.24, 2.45) is 0 Å².